The number of halogens is 1. The average Bonchev–Trinajstić information content (AvgIpc) is 4.01. The molecule has 0 unspecified atom stereocenters. The first-order valence-corrected chi connectivity index (χ1v) is 27.6. The zero-order valence-electron chi connectivity index (χ0n) is 47.9. The fourth-order valence-corrected chi connectivity index (χ4v) is 12.4. The van der Waals surface area contributed by atoms with Crippen LogP contribution in [0.4, 0.5) is 10.1 Å². The molecule has 0 radical (unpaired) electrons. The van der Waals surface area contributed by atoms with Gasteiger partial charge in [0, 0.05) is 83.1 Å². The highest BCUT2D eigenvalue weighted by Gasteiger charge is 2.53. The Labute approximate surface area is 454 Å². The maximum Gasteiger partial charge on any atom is 0.311 e. The van der Waals surface area contributed by atoms with E-state index >= 15 is 0 Å². The van der Waals surface area contributed by atoms with Crippen LogP contribution in [0, 0.1) is 17.8 Å². The fourth-order valence-electron chi connectivity index (χ4n) is 12.4. The van der Waals surface area contributed by atoms with Crippen molar-refractivity contribution >= 4 is 11.7 Å². The molecule has 0 saturated carbocycles. The largest absolute Gasteiger partial charge is 0.459 e. The minimum Gasteiger partial charge on any atom is -0.459 e. The standard InChI is InChI=1S/C55H93FN6O15/c1-15-43-55(10,70)48(66)34(6)60(12)26-30(2)23-53(8,69)50(32(4)46(33(5)51(68)75-43)76-44-24-54(9,72-14)49(67)35(7)74-44)77-52-45(65)39(22-31(3)73-52)59(11)21-20-37-27-62(58-57-37)40(25-56)47(71-13)36-16-18-38(19-17-36)61-28-41(63)42(64)29-61/h16-19,27,30-35,39-50,52,63-67,69-70H,15,20-26,28-29H2,1-14H3/t30-,31-,32+,33-,34-,35+,39+,40+,41+,42+,43-,44+,45-,46+,47-,48-,49+,50-,52+,53-,54-,55-/m1/s1. The van der Waals surface area contributed by atoms with E-state index in [9.17, 15) is 44.9 Å². The third kappa shape index (κ3) is 14.4. The Hall–Kier alpha value is -3.04. The summed E-state index contributed by atoms with van der Waals surface area (Å²) in [6.07, 6.45) is -9.92. The average molecular weight is 1100 g/mol. The van der Waals surface area contributed by atoms with E-state index in [0.29, 0.717) is 50.3 Å². The second kappa shape index (κ2) is 26.3. The third-order valence-electron chi connectivity index (χ3n) is 17.3. The number of cyclic esters (lactones) is 1. The van der Waals surface area contributed by atoms with E-state index < -0.39 is 139 Å². The molecule has 0 amide bonds. The van der Waals surface area contributed by atoms with Crippen LogP contribution in [0.1, 0.15) is 118 Å². The number of ether oxygens (including phenoxy) is 7. The SMILES string of the molecule is CC[C@H]1OC(=O)[C@H](C)[C@@H](O[C@H]2C[C@@](C)(OC)[C@@H](O)[C@H](C)O2)[C@H](C)[C@@H](O[C@@H]2O[C@H](C)C[C@H](N(C)CCc3cn([C@@H](CF)[C@H](OC)c4ccc(N5C[C@H](O)[C@@H](O)C5)cc4)nn3)[C@H]2O)[C@](C)(O)C[C@@H](C)CN(C)[C@H](C)[C@@H](O)[C@]1(C)O. The summed E-state index contributed by atoms with van der Waals surface area (Å²) >= 11 is 0. The number of alkyl halides is 1. The summed E-state index contributed by atoms with van der Waals surface area (Å²) in [6.45, 7) is 18.0. The van der Waals surface area contributed by atoms with Gasteiger partial charge in [-0.1, -0.05) is 38.1 Å². The number of carbonyl (C=O) groups is 1. The molecule has 22 heteroatoms. The molecular weight excluding hydrogens is 1000 g/mol. The molecule has 5 heterocycles. The molecule has 440 valence electrons. The number of aromatic nitrogens is 3. The molecular formula is C55H93FN6O15. The highest BCUT2D eigenvalue weighted by atomic mass is 19.1. The normalized spacial score (nSPS) is 41.2. The Morgan fingerprint density at radius 3 is 2.16 bits per heavy atom. The second-order valence-electron chi connectivity index (χ2n) is 23.6. The van der Waals surface area contributed by atoms with Crippen LogP contribution in [0.15, 0.2) is 30.5 Å². The van der Waals surface area contributed by atoms with Gasteiger partial charge in [-0.05, 0) is 105 Å². The fraction of sp³-hybridized carbons (Fsp3) is 0.836. The van der Waals surface area contributed by atoms with Gasteiger partial charge in [0.05, 0.1) is 59.4 Å². The first-order chi connectivity index (χ1) is 36.1. The summed E-state index contributed by atoms with van der Waals surface area (Å²) in [7, 11) is 6.69. The van der Waals surface area contributed by atoms with Crippen LogP contribution in [0.3, 0.4) is 0 Å². The predicted molar refractivity (Wildman–Crippen MR) is 282 cm³/mol. The first kappa shape index (κ1) is 63.1. The van der Waals surface area contributed by atoms with Gasteiger partial charge in [-0.25, -0.2) is 9.07 Å². The number of methoxy groups -OCH3 is 2. The third-order valence-corrected chi connectivity index (χ3v) is 17.3. The molecule has 0 aliphatic carbocycles. The van der Waals surface area contributed by atoms with E-state index in [1.165, 1.54) is 25.8 Å². The molecule has 2 aromatic rings. The number of nitrogens with zero attached hydrogens (tertiary/aromatic N) is 6. The Bertz CT molecular complexity index is 2150. The van der Waals surface area contributed by atoms with E-state index in [4.69, 9.17) is 33.2 Å². The maximum atomic E-state index is 14.9. The maximum absolute atomic E-state index is 14.9. The monoisotopic (exact) mass is 1100 g/mol. The van der Waals surface area contributed by atoms with Gasteiger partial charge in [-0.2, -0.15) is 0 Å². The van der Waals surface area contributed by atoms with Crippen molar-refractivity contribution in [1.82, 2.24) is 24.8 Å². The van der Waals surface area contributed by atoms with Crippen molar-refractivity contribution in [3.63, 3.8) is 0 Å². The van der Waals surface area contributed by atoms with Gasteiger partial charge in [0.1, 0.15) is 48.8 Å². The predicted octanol–water partition coefficient (Wildman–Crippen LogP) is 2.55. The number of hydrogen-bond donors (Lipinski definition) is 7. The van der Waals surface area contributed by atoms with Crippen molar-refractivity contribution in [2.75, 3.05) is 66.1 Å². The zero-order chi connectivity index (χ0) is 57.1. The summed E-state index contributed by atoms with van der Waals surface area (Å²) < 4.78 is 60.5. The number of esters is 1. The lowest BCUT2D eigenvalue weighted by atomic mass is 9.77. The van der Waals surface area contributed by atoms with E-state index in [0.717, 1.165) is 5.69 Å². The Morgan fingerprint density at radius 2 is 1.56 bits per heavy atom. The van der Waals surface area contributed by atoms with Gasteiger partial charge in [-0.15, -0.1) is 5.10 Å². The molecule has 0 bridgehead atoms. The van der Waals surface area contributed by atoms with Crippen LogP contribution in [-0.4, -0.2) is 230 Å². The van der Waals surface area contributed by atoms with E-state index in [2.05, 4.69) is 10.3 Å². The molecule has 7 N–H and O–H groups in total. The number of rotatable bonds is 16. The van der Waals surface area contributed by atoms with Crippen LogP contribution in [-0.2, 0) is 44.4 Å². The number of benzene rings is 1. The molecule has 4 aliphatic heterocycles. The van der Waals surface area contributed by atoms with E-state index in [-0.39, 0.29) is 25.2 Å². The number of carbonyl (C=O) groups excluding carboxylic acids is 1. The van der Waals surface area contributed by atoms with Crippen molar-refractivity contribution in [3.05, 3.63) is 41.7 Å². The second-order valence-corrected chi connectivity index (χ2v) is 23.6. The molecule has 4 saturated heterocycles. The quantitative estimate of drug-likeness (QED) is 0.119. The number of β-amino-alcohol motifs (C(OH)–C–C–N with tert-alkyl or cyclic N) is 2. The van der Waals surface area contributed by atoms with Gasteiger partial charge < -0.3 is 83.6 Å². The summed E-state index contributed by atoms with van der Waals surface area (Å²) in [5.74, 6) is -2.92. The molecule has 4 aliphatic rings. The summed E-state index contributed by atoms with van der Waals surface area (Å²) in [5, 5.41) is 88.7. The smallest absolute Gasteiger partial charge is 0.311 e. The lowest BCUT2D eigenvalue weighted by Gasteiger charge is -2.49. The van der Waals surface area contributed by atoms with E-state index in [1.54, 1.807) is 54.7 Å². The van der Waals surface area contributed by atoms with Gasteiger partial charge in [0.15, 0.2) is 12.6 Å². The number of aliphatic hydroxyl groups is 7. The molecule has 4 fully saturated rings. The van der Waals surface area contributed by atoms with Crippen molar-refractivity contribution < 1.29 is 78.1 Å². The first-order valence-electron chi connectivity index (χ1n) is 27.6. The van der Waals surface area contributed by atoms with Crippen LogP contribution in [0.2, 0.25) is 0 Å². The molecule has 21 nitrogen and oxygen atoms in total. The highest BCUT2D eigenvalue weighted by molar-refractivity contribution is 5.73. The lowest BCUT2D eigenvalue weighted by molar-refractivity contribution is -0.318. The van der Waals surface area contributed by atoms with Crippen LogP contribution < -0.4 is 4.90 Å². The Balaban J connectivity index is 1.24. The summed E-state index contributed by atoms with van der Waals surface area (Å²) in [5.41, 5.74) is -2.51. The summed E-state index contributed by atoms with van der Waals surface area (Å²) in [4.78, 5) is 20.3. The molecule has 1 aromatic carbocycles. The minimum atomic E-state index is -1.86. The number of hydrogen-bond acceptors (Lipinski definition) is 20. The van der Waals surface area contributed by atoms with Gasteiger partial charge >= 0.3 is 5.97 Å². The molecule has 0 spiro atoms. The zero-order valence-corrected chi connectivity index (χ0v) is 47.9. The highest BCUT2D eigenvalue weighted by Crippen LogP contribution is 2.41. The van der Waals surface area contributed by atoms with E-state index in [1.807, 2.05) is 66.9 Å². The van der Waals surface area contributed by atoms with Gasteiger partial charge in [0.25, 0.3) is 0 Å². The summed E-state index contributed by atoms with van der Waals surface area (Å²) in [6, 6.07) is 5.42. The van der Waals surface area contributed by atoms with Crippen molar-refractivity contribution in [2.45, 2.75) is 216 Å². The van der Waals surface area contributed by atoms with Gasteiger partial charge in [0.2, 0.25) is 0 Å². The molecule has 77 heavy (non-hydrogen) atoms. The lowest BCUT2D eigenvalue weighted by Crippen LogP contribution is -2.61. The number of anilines is 1. The van der Waals surface area contributed by atoms with Crippen LogP contribution >= 0.6 is 0 Å². The van der Waals surface area contributed by atoms with Crippen molar-refractivity contribution in [2.24, 2.45) is 17.8 Å². The molecule has 1 aromatic heterocycles. The molecule has 22 atom stereocenters. The molecule has 6 rings (SSSR count). The van der Waals surface area contributed by atoms with Gasteiger partial charge in [-0.3, -0.25) is 4.79 Å². The Kier molecular flexibility index (Phi) is 21.5. The Morgan fingerprint density at radius 1 is 0.909 bits per heavy atom. The van der Waals surface area contributed by atoms with Crippen LogP contribution in [0.25, 0.3) is 0 Å². The van der Waals surface area contributed by atoms with Crippen LogP contribution in [0.5, 0.6) is 0 Å². The van der Waals surface area contributed by atoms with Crippen molar-refractivity contribution in [1.29, 1.82) is 0 Å². The van der Waals surface area contributed by atoms with Crippen molar-refractivity contribution in [3.8, 4) is 0 Å². The topological polar surface area (TPSA) is 264 Å². The number of likely N-dealkylation sites (N-methyl/N-ethyl adjacent to an activating group) is 2. The number of aliphatic hydroxyl groups excluding tert-OH is 5. The minimum absolute atomic E-state index is 0.0760.